The summed E-state index contributed by atoms with van der Waals surface area (Å²) in [6.07, 6.45) is 3.48. The summed E-state index contributed by atoms with van der Waals surface area (Å²) in [7, 11) is 0. The zero-order chi connectivity index (χ0) is 20.4. The van der Waals surface area contributed by atoms with Crippen LogP contribution in [0.15, 0.2) is 66.0 Å². The molecule has 146 valence electrons. The second-order valence-corrected chi connectivity index (χ2v) is 7.05. The fraction of sp³-hybridized carbons (Fsp3) is 0.143. The van der Waals surface area contributed by atoms with Gasteiger partial charge in [-0.3, -0.25) is 14.4 Å². The maximum atomic E-state index is 12.6. The van der Waals surface area contributed by atoms with Crippen molar-refractivity contribution in [1.82, 2.24) is 16.0 Å². The van der Waals surface area contributed by atoms with Gasteiger partial charge in [0.2, 0.25) is 6.54 Å². The van der Waals surface area contributed by atoms with Crippen molar-refractivity contribution < 1.29 is 19.0 Å². The number of nitrogens with zero attached hydrogens (tertiary/aromatic N) is 1. The molecule has 1 aromatic carbocycles. The normalized spacial score (nSPS) is 15.3. The molecular formula is C21H19N4O3S+. The molecule has 3 amide bonds. The Hall–Kier alpha value is -3.39. The Bertz CT molecular complexity index is 1060. The third kappa shape index (κ3) is 3.66. The van der Waals surface area contributed by atoms with Crippen molar-refractivity contribution in [3.05, 3.63) is 77.1 Å². The number of amides is 3. The van der Waals surface area contributed by atoms with Crippen LogP contribution in [-0.4, -0.2) is 30.0 Å². The monoisotopic (exact) mass is 407 g/mol. The maximum Gasteiger partial charge on any atom is 0.286 e. The van der Waals surface area contributed by atoms with Crippen LogP contribution in [0.5, 0.6) is 0 Å². The fourth-order valence-electron chi connectivity index (χ4n) is 3.37. The van der Waals surface area contributed by atoms with E-state index in [4.69, 9.17) is 0 Å². The molecule has 3 N–H and O–H groups in total. The first-order valence-electron chi connectivity index (χ1n) is 9.12. The first kappa shape index (κ1) is 18.9. The molecule has 2 aliphatic rings. The average Bonchev–Trinajstić information content (AvgIpc) is 3.26. The van der Waals surface area contributed by atoms with E-state index < -0.39 is 0 Å². The fourth-order valence-corrected chi connectivity index (χ4v) is 3.48. The summed E-state index contributed by atoms with van der Waals surface area (Å²) in [6, 6.07) is 12.8. The molecule has 0 fully saturated rings. The van der Waals surface area contributed by atoms with E-state index in [1.165, 1.54) is 0 Å². The molecule has 0 radical (unpaired) electrons. The minimum atomic E-state index is -0.310. The van der Waals surface area contributed by atoms with Crippen LogP contribution in [0.3, 0.4) is 0 Å². The lowest BCUT2D eigenvalue weighted by Gasteiger charge is -2.07. The predicted molar refractivity (Wildman–Crippen MR) is 110 cm³/mol. The highest BCUT2D eigenvalue weighted by molar-refractivity contribution is 7.80. The summed E-state index contributed by atoms with van der Waals surface area (Å²) >= 11 is 4.06. The number of aromatic nitrogens is 1. The van der Waals surface area contributed by atoms with Crippen molar-refractivity contribution in [3.63, 3.8) is 0 Å². The molecule has 0 unspecified atom stereocenters. The standard InChI is InChI=1S/C21H18N4O3S/c26-15(22-8-11-29)12-25-9-6-14(7-10-25)19-17-16(20(27)24-19)18(23-21(17)28)13-4-2-1-3-5-13/h1-7,9-10H,8,11-12H2,(H3,22,24,26,27,29)/p+1. The zero-order valence-electron chi connectivity index (χ0n) is 15.4. The van der Waals surface area contributed by atoms with Crippen molar-refractivity contribution in [1.29, 1.82) is 0 Å². The topological polar surface area (TPSA) is 91.2 Å². The molecule has 4 rings (SSSR count). The van der Waals surface area contributed by atoms with Crippen LogP contribution in [0.2, 0.25) is 0 Å². The molecule has 7 nitrogen and oxygen atoms in total. The minimum Gasteiger partial charge on any atom is -0.350 e. The lowest BCUT2D eigenvalue weighted by molar-refractivity contribution is -0.684. The van der Waals surface area contributed by atoms with Gasteiger partial charge in [0.15, 0.2) is 12.4 Å². The number of hydrogen-bond acceptors (Lipinski definition) is 4. The summed E-state index contributed by atoms with van der Waals surface area (Å²) in [5.41, 5.74) is 3.17. The lowest BCUT2D eigenvalue weighted by Crippen LogP contribution is -2.42. The molecular weight excluding hydrogens is 388 g/mol. The highest BCUT2D eigenvalue weighted by atomic mass is 32.1. The van der Waals surface area contributed by atoms with Gasteiger partial charge in [-0.05, 0) is 5.56 Å². The van der Waals surface area contributed by atoms with Gasteiger partial charge in [0.1, 0.15) is 0 Å². The number of nitrogens with one attached hydrogen (secondary N) is 3. The number of benzene rings is 1. The summed E-state index contributed by atoms with van der Waals surface area (Å²) in [6.45, 7) is 0.687. The predicted octanol–water partition coefficient (Wildman–Crippen LogP) is 0.402. The Kier molecular flexibility index (Phi) is 5.18. The smallest absolute Gasteiger partial charge is 0.286 e. The van der Waals surface area contributed by atoms with E-state index >= 15 is 0 Å². The Labute approximate surface area is 172 Å². The van der Waals surface area contributed by atoms with Crippen LogP contribution in [0, 0.1) is 0 Å². The largest absolute Gasteiger partial charge is 0.350 e. The van der Waals surface area contributed by atoms with Gasteiger partial charge in [0.25, 0.3) is 17.7 Å². The molecule has 0 saturated heterocycles. The average molecular weight is 407 g/mol. The molecule has 0 atom stereocenters. The van der Waals surface area contributed by atoms with Crippen LogP contribution in [0.4, 0.5) is 0 Å². The van der Waals surface area contributed by atoms with Crippen LogP contribution in [-0.2, 0) is 20.9 Å². The Morgan fingerprint density at radius 1 is 0.897 bits per heavy atom. The van der Waals surface area contributed by atoms with E-state index in [0.717, 1.165) is 5.56 Å². The molecule has 1 aromatic heterocycles. The third-order valence-corrected chi connectivity index (χ3v) is 4.91. The molecule has 2 aliphatic heterocycles. The van der Waals surface area contributed by atoms with Gasteiger partial charge >= 0.3 is 0 Å². The Balaban J connectivity index is 1.64. The summed E-state index contributed by atoms with van der Waals surface area (Å²) in [5, 5.41) is 8.38. The number of hydrogen-bond donors (Lipinski definition) is 4. The number of thiol groups is 1. The van der Waals surface area contributed by atoms with Crippen molar-refractivity contribution in [3.8, 4) is 0 Å². The van der Waals surface area contributed by atoms with Gasteiger partial charge in [-0.2, -0.15) is 17.2 Å². The van der Waals surface area contributed by atoms with Gasteiger partial charge in [0.05, 0.1) is 22.5 Å². The van der Waals surface area contributed by atoms with Crippen molar-refractivity contribution in [2.75, 3.05) is 12.3 Å². The van der Waals surface area contributed by atoms with Crippen LogP contribution in [0.25, 0.3) is 11.4 Å². The van der Waals surface area contributed by atoms with E-state index in [-0.39, 0.29) is 24.3 Å². The van der Waals surface area contributed by atoms with Gasteiger partial charge in [-0.25, -0.2) is 0 Å². The second kappa shape index (κ2) is 7.92. The summed E-state index contributed by atoms with van der Waals surface area (Å²) < 4.78 is 1.72. The van der Waals surface area contributed by atoms with E-state index in [1.807, 2.05) is 30.3 Å². The van der Waals surface area contributed by atoms with Crippen molar-refractivity contribution in [2.24, 2.45) is 0 Å². The molecule has 0 spiro atoms. The number of carbonyl (C=O) groups is 3. The van der Waals surface area contributed by atoms with Crippen molar-refractivity contribution in [2.45, 2.75) is 6.54 Å². The molecule has 29 heavy (non-hydrogen) atoms. The van der Waals surface area contributed by atoms with Crippen molar-refractivity contribution >= 4 is 41.7 Å². The third-order valence-electron chi connectivity index (χ3n) is 4.68. The van der Waals surface area contributed by atoms with Crippen LogP contribution in [0.1, 0.15) is 11.1 Å². The van der Waals surface area contributed by atoms with E-state index in [9.17, 15) is 14.4 Å². The number of pyridine rings is 1. The number of fused-ring (bicyclic) bond motifs is 1. The first-order chi connectivity index (χ1) is 14.1. The minimum absolute atomic E-state index is 0.110. The SMILES string of the molecule is O=C(C[n+]1ccc(C2=C3C(=O)NC(c4ccccc4)=C3C(=O)N2)cc1)NCCS. The molecule has 0 bridgehead atoms. The van der Waals surface area contributed by atoms with E-state index in [0.29, 0.717) is 40.4 Å². The summed E-state index contributed by atoms with van der Waals surface area (Å²) in [5.74, 6) is -0.152. The van der Waals surface area contributed by atoms with Gasteiger partial charge < -0.3 is 16.0 Å². The van der Waals surface area contributed by atoms with Gasteiger partial charge in [-0.1, -0.05) is 30.3 Å². The molecule has 3 heterocycles. The molecule has 0 saturated carbocycles. The second-order valence-electron chi connectivity index (χ2n) is 6.61. The van der Waals surface area contributed by atoms with Gasteiger partial charge in [0, 0.05) is 30.0 Å². The zero-order valence-corrected chi connectivity index (χ0v) is 16.3. The highest BCUT2D eigenvalue weighted by Gasteiger charge is 2.40. The Morgan fingerprint density at radius 3 is 2.00 bits per heavy atom. The molecule has 0 aliphatic carbocycles. The molecule has 2 aromatic rings. The van der Waals surface area contributed by atoms with Crippen LogP contribution < -0.4 is 20.5 Å². The quantitative estimate of drug-likeness (QED) is 0.413. The number of rotatable bonds is 6. The summed E-state index contributed by atoms with van der Waals surface area (Å²) in [4.78, 5) is 37.1. The van der Waals surface area contributed by atoms with E-state index in [2.05, 4.69) is 28.6 Å². The highest BCUT2D eigenvalue weighted by Crippen LogP contribution is 2.36. The number of carbonyl (C=O) groups excluding carboxylic acids is 3. The Morgan fingerprint density at radius 2 is 1.45 bits per heavy atom. The van der Waals surface area contributed by atoms with E-state index in [1.54, 1.807) is 29.1 Å². The maximum absolute atomic E-state index is 12.6. The van der Waals surface area contributed by atoms with Crippen LogP contribution >= 0.6 is 12.6 Å². The van der Waals surface area contributed by atoms with Gasteiger partial charge in [-0.15, -0.1) is 0 Å². The lowest BCUT2D eigenvalue weighted by atomic mass is 10.0. The molecule has 8 heteroatoms. The first-order valence-corrected chi connectivity index (χ1v) is 9.76.